The maximum Gasteiger partial charge on any atom is 0.236 e. The number of carbonyl (C=O) groups excluding carboxylic acids is 1. The van der Waals surface area contributed by atoms with E-state index in [2.05, 4.69) is 31.1 Å². The third-order valence-corrected chi connectivity index (χ3v) is 2.80. The number of hydrogen-bond acceptors (Lipinski definition) is 3. The van der Waals surface area contributed by atoms with Crippen LogP contribution in [-0.4, -0.2) is 43.0 Å². The number of nitrogens with zero attached hydrogens (tertiary/aromatic N) is 1. The van der Waals surface area contributed by atoms with Crippen molar-refractivity contribution in [3.8, 4) is 0 Å². The van der Waals surface area contributed by atoms with Crippen LogP contribution < -0.4 is 11.1 Å². The molecule has 0 aromatic carbocycles. The van der Waals surface area contributed by atoms with E-state index in [0.29, 0.717) is 12.6 Å². The fourth-order valence-electron chi connectivity index (χ4n) is 1.37. The van der Waals surface area contributed by atoms with Crippen LogP contribution in [0.3, 0.4) is 0 Å². The summed E-state index contributed by atoms with van der Waals surface area (Å²) in [5.74, 6) is -0.0194. The van der Waals surface area contributed by atoms with Gasteiger partial charge in [0.25, 0.3) is 0 Å². The highest BCUT2D eigenvalue weighted by atomic mass is 16.2. The molecule has 0 radical (unpaired) electrons. The molecular formula is C12H27N3O. The highest BCUT2D eigenvalue weighted by Crippen LogP contribution is 1.95. The van der Waals surface area contributed by atoms with Crippen LogP contribution in [0.25, 0.3) is 0 Å². The Morgan fingerprint density at radius 3 is 2.56 bits per heavy atom. The third kappa shape index (κ3) is 6.80. The van der Waals surface area contributed by atoms with Crippen molar-refractivity contribution >= 4 is 5.91 Å². The summed E-state index contributed by atoms with van der Waals surface area (Å²) in [7, 11) is 2.09. The average molecular weight is 229 g/mol. The molecule has 0 bridgehead atoms. The Morgan fingerprint density at radius 2 is 2.06 bits per heavy atom. The van der Waals surface area contributed by atoms with Gasteiger partial charge in [-0.25, -0.2) is 0 Å². The van der Waals surface area contributed by atoms with Crippen molar-refractivity contribution in [3.05, 3.63) is 0 Å². The Kier molecular flexibility index (Phi) is 8.21. The lowest BCUT2D eigenvalue weighted by atomic mass is 10.1. The summed E-state index contributed by atoms with van der Waals surface area (Å²) in [6.07, 6.45) is 2.68. The van der Waals surface area contributed by atoms with Gasteiger partial charge < -0.3 is 16.0 Å². The quantitative estimate of drug-likeness (QED) is 0.610. The molecule has 0 aromatic rings. The lowest BCUT2D eigenvalue weighted by Crippen LogP contribution is -2.41. The summed E-state index contributed by atoms with van der Waals surface area (Å²) >= 11 is 0. The summed E-state index contributed by atoms with van der Waals surface area (Å²) in [6, 6.07) is 0.214. The molecule has 0 aliphatic heterocycles. The number of rotatable bonds is 8. The maximum atomic E-state index is 11.5. The van der Waals surface area contributed by atoms with Crippen LogP contribution in [0.2, 0.25) is 0 Å². The second kappa shape index (κ2) is 8.53. The van der Waals surface area contributed by atoms with Gasteiger partial charge in [0.1, 0.15) is 0 Å². The van der Waals surface area contributed by atoms with Crippen LogP contribution in [0.4, 0.5) is 0 Å². The second-order valence-corrected chi connectivity index (χ2v) is 4.61. The predicted octanol–water partition coefficient (Wildman–Crippen LogP) is 0.960. The molecule has 0 heterocycles. The number of hydrogen-bond donors (Lipinski definition) is 2. The minimum Gasteiger partial charge on any atom is -0.355 e. The number of carbonyl (C=O) groups is 1. The Morgan fingerprint density at radius 1 is 1.44 bits per heavy atom. The van der Waals surface area contributed by atoms with Crippen LogP contribution in [-0.2, 0) is 4.79 Å². The molecule has 0 spiro atoms. The Hall–Kier alpha value is -0.610. The first-order valence-corrected chi connectivity index (χ1v) is 6.22. The number of nitrogens with one attached hydrogen (secondary N) is 1. The number of amides is 1. The molecule has 0 rings (SSSR count). The Bertz CT molecular complexity index is 195. The molecule has 0 fully saturated rings. The van der Waals surface area contributed by atoms with Crippen molar-refractivity contribution in [3.63, 3.8) is 0 Å². The fourth-order valence-corrected chi connectivity index (χ4v) is 1.37. The third-order valence-electron chi connectivity index (χ3n) is 2.80. The molecule has 0 aromatic heterocycles. The first-order chi connectivity index (χ1) is 7.49. The normalized spacial score (nSPS) is 13.2. The minimum absolute atomic E-state index is 0.0194. The van der Waals surface area contributed by atoms with E-state index in [9.17, 15) is 4.79 Å². The molecule has 96 valence electrons. The lowest BCUT2D eigenvalue weighted by molar-refractivity contribution is -0.122. The van der Waals surface area contributed by atoms with Gasteiger partial charge in [0.05, 0.1) is 6.04 Å². The van der Waals surface area contributed by atoms with E-state index >= 15 is 0 Å². The van der Waals surface area contributed by atoms with E-state index < -0.39 is 0 Å². The van der Waals surface area contributed by atoms with E-state index in [1.54, 1.807) is 0 Å². The summed E-state index contributed by atoms with van der Waals surface area (Å²) in [5, 5.41) is 2.87. The zero-order valence-corrected chi connectivity index (χ0v) is 11.1. The van der Waals surface area contributed by atoms with Gasteiger partial charge in [-0.2, -0.15) is 0 Å². The topological polar surface area (TPSA) is 58.4 Å². The van der Waals surface area contributed by atoms with Crippen LogP contribution in [0.5, 0.6) is 0 Å². The van der Waals surface area contributed by atoms with Gasteiger partial charge in [0, 0.05) is 12.6 Å². The highest BCUT2D eigenvalue weighted by molar-refractivity contribution is 5.81. The zero-order valence-electron chi connectivity index (χ0n) is 11.1. The first-order valence-electron chi connectivity index (χ1n) is 6.22. The highest BCUT2D eigenvalue weighted by Gasteiger charge is 2.11. The first kappa shape index (κ1) is 15.4. The Balaban J connectivity index is 3.55. The summed E-state index contributed by atoms with van der Waals surface area (Å²) in [5.41, 5.74) is 5.70. The van der Waals surface area contributed by atoms with E-state index in [4.69, 9.17) is 5.73 Å². The van der Waals surface area contributed by atoms with Gasteiger partial charge >= 0.3 is 0 Å². The molecule has 4 nitrogen and oxygen atoms in total. The molecule has 1 unspecified atom stereocenters. The van der Waals surface area contributed by atoms with E-state index in [0.717, 1.165) is 25.8 Å². The maximum absolute atomic E-state index is 11.5. The molecule has 1 atom stereocenters. The van der Waals surface area contributed by atoms with Crippen molar-refractivity contribution in [1.82, 2.24) is 10.2 Å². The van der Waals surface area contributed by atoms with E-state index in [-0.39, 0.29) is 11.9 Å². The van der Waals surface area contributed by atoms with Crippen molar-refractivity contribution in [2.75, 3.05) is 20.1 Å². The fraction of sp³-hybridized carbons (Fsp3) is 0.917. The van der Waals surface area contributed by atoms with Crippen LogP contribution >= 0.6 is 0 Å². The van der Waals surface area contributed by atoms with Gasteiger partial charge in [0.15, 0.2) is 0 Å². The van der Waals surface area contributed by atoms with E-state index in [1.807, 2.05) is 6.92 Å². The summed E-state index contributed by atoms with van der Waals surface area (Å²) < 4.78 is 0. The van der Waals surface area contributed by atoms with Gasteiger partial charge in [0.2, 0.25) is 5.91 Å². The lowest BCUT2D eigenvalue weighted by Gasteiger charge is -2.21. The molecular weight excluding hydrogens is 202 g/mol. The molecule has 0 saturated heterocycles. The van der Waals surface area contributed by atoms with Crippen molar-refractivity contribution in [2.45, 2.75) is 52.1 Å². The molecule has 16 heavy (non-hydrogen) atoms. The summed E-state index contributed by atoms with van der Waals surface area (Å²) in [4.78, 5) is 13.7. The zero-order chi connectivity index (χ0) is 12.6. The molecule has 1 amide bonds. The average Bonchev–Trinajstić information content (AvgIpc) is 2.23. The van der Waals surface area contributed by atoms with Crippen LogP contribution in [0, 0.1) is 0 Å². The SMILES string of the molecule is CCCC(N)C(=O)NCCCN(C)C(C)C. The number of nitrogens with two attached hydrogens (primary N) is 1. The second-order valence-electron chi connectivity index (χ2n) is 4.61. The van der Waals surface area contributed by atoms with Gasteiger partial charge in [-0.15, -0.1) is 0 Å². The van der Waals surface area contributed by atoms with E-state index in [1.165, 1.54) is 0 Å². The molecule has 3 N–H and O–H groups in total. The predicted molar refractivity (Wildman–Crippen MR) is 68.3 cm³/mol. The smallest absolute Gasteiger partial charge is 0.236 e. The van der Waals surface area contributed by atoms with Gasteiger partial charge in [-0.1, -0.05) is 13.3 Å². The standard InChI is InChI=1S/C12H27N3O/c1-5-7-11(13)12(16)14-8-6-9-15(4)10(2)3/h10-11H,5-9,13H2,1-4H3,(H,14,16). The van der Waals surface area contributed by atoms with Crippen LogP contribution in [0.15, 0.2) is 0 Å². The van der Waals surface area contributed by atoms with Crippen molar-refractivity contribution in [2.24, 2.45) is 5.73 Å². The van der Waals surface area contributed by atoms with Gasteiger partial charge in [-0.05, 0) is 40.3 Å². The molecule has 0 saturated carbocycles. The van der Waals surface area contributed by atoms with Gasteiger partial charge in [-0.3, -0.25) is 4.79 Å². The molecule has 0 aliphatic carbocycles. The largest absolute Gasteiger partial charge is 0.355 e. The van der Waals surface area contributed by atoms with Crippen molar-refractivity contribution < 1.29 is 4.79 Å². The summed E-state index contributed by atoms with van der Waals surface area (Å²) in [6.45, 7) is 8.07. The monoisotopic (exact) mass is 229 g/mol. The van der Waals surface area contributed by atoms with Crippen molar-refractivity contribution in [1.29, 1.82) is 0 Å². The Labute approximate surface area is 99.6 Å². The van der Waals surface area contributed by atoms with Crippen LogP contribution in [0.1, 0.15) is 40.0 Å². The molecule has 0 aliphatic rings. The molecule has 4 heteroatoms. The minimum atomic E-state index is -0.340.